The number of aliphatic imine (C=N–C) groups is 1. The molecule has 0 aliphatic rings. The molecule has 0 saturated carbocycles. The average molecular weight is 309 g/mol. The Bertz CT molecular complexity index is 760. The van der Waals surface area contributed by atoms with E-state index in [1.807, 2.05) is 44.0 Å². The van der Waals surface area contributed by atoms with Crippen LogP contribution in [-0.4, -0.2) is 24.8 Å². The molecule has 0 aliphatic carbocycles. The predicted octanol–water partition coefficient (Wildman–Crippen LogP) is 4.21. The maximum Gasteiger partial charge on any atom is 0.125 e. The smallest absolute Gasteiger partial charge is 0.125 e. The highest BCUT2D eigenvalue weighted by atomic mass is 19.1. The molecule has 3 nitrogen and oxygen atoms in total. The van der Waals surface area contributed by atoms with E-state index in [0.717, 1.165) is 23.2 Å². The number of hydrogen-bond donors (Lipinski definition) is 0. The molecular weight excluding hydrogens is 289 g/mol. The third-order valence-electron chi connectivity index (χ3n) is 3.86. The number of benzene rings is 2. The van der Waals surface area contributed by atoms with E-state index in [0.29, 0.717) is 17.7 Å². The zero-order valence-corrected chi connectivity index (χ0v) is 13.7. The maximum absolute atomic E-state index is 13.9. The van der Waals surface area contributed by atoms with Crippen LogP contribution in [0, 0.1) is 24.1 Å². The Morgan fingerprint density at radius 1 is 1.26 bits per heavy atom. The summed E-state index contributed by atoms with van der Waals surface area (Å²) in [5, 5.41) is 9.19. The van der Waals surface area contributed by atoms with Gasteiger partial charge in [0.25, 0.3) is 0 Å². The van der Waals surface area contributed by atoms with Crippen molar-refractivity contribution >= 4 is 12.0 Å². The van der Waals surface area contributed by atoms with Crippen LogP contribution in [0.1, 0.15) is 29.2 Å². The van der Waals surface area contributed by atoms with Gasteiger partial charge in [0.05, 0.1) is 23.7 Å². The Balaban J connectivity index is 2.38. The highest BCUT2D eigenvalue weighted by Crippen LogP contribution is 2.26. The molecule has 0 aliphatic heterocycles. The molecule has 118 valence electrons. The Morgan fingerprint density at radius 2 is 2.00 bits per heavy atom. The van der Waals surface area contributed by atoms with Crippen LogP contribution in [0.3, 0.4) is 0 Å². The summed E-state index contributed by atoms with van der Waals surface area (Å²) < 4.78 is 13.9. The number of halogens is 1. The summed E-state index contributed by atoms with van der Waals surface area (Å²) in [5.41, 5.74) is 3.91. The van der Waals surface area contributed by atoms with Gasteiger partial charge in [0.1, 0.15) is 5.82 Å². The van der Waals surface area contributed by atoms with Gasteiger partial charge in [0.15, 0.2) is 0 Å². The summed E-state index contributed by atoms with van der Waals surface area (Å²) in [6.45, 7) is 4.79. The maximum atomic E-state index is 13.9. The van der Waals surface area contributed by atoms with E-state index in [1.165, 1.54) is 12.1 Å². The van der Waals surface area contributed by atoms with E-state index in [9.17, 15) is 9.65 Å². The molecular formula is C19H20FN3. The second kappa shape index (κ2) is 7.55. The molecule has 2 aromatic rings. The van der Waals surface area contributed by atoms with Crippen molar-refractivity contribution in [2.75, 3.05) is 13.6 Å². The molecule has 2 rings (SSSR count). The molecule has 0 radical (unpaired) electrons. The van der Waals surface area contributed by atoms with Gasteiger partial charge in [-0.2, -0.15) is 5.26 Å². The average Bonchev–Trinajstić information content (AvgIpc) is 2.56. The number of rotatable bonds is 5. The van der Waals surface area contributed by atoms with Crippen LogP contribution >= 0.6 is 0 Å². The molecule has 0 atom stereocenters. The SMILES string of the molecule is CCN(C)/C=N\c1cc(F)cc(Cc2ccccc2C#N)c1C. The van der Waals surface area contributed by atoms with Crippen molar-refractivity contribution in [1.82, 2.24) is 4.90 Å². The van der Waals surface area contributed by atoms with E-state index in [2.05, 4.69) is 11.1 Å². The summed E-state index contributed by atoms with van der Waals surface area (Å²) in [4.78, 5) is 6.30. The van der Waals surface area contributed by atoms with E-state index in [4.69, 9.17) is 0 Å². The summed E-state index contributed by atoms with van der Waals surface area (Å²) in [5.74, 6) is -0.314. The standard InChI is InChI=1S/C19H20FN3/c1-4-23(3)13-22-19-11-18(20)10-17(14(19)2)9-15-7-5-6-8-16(15)12-21/h5-8,10-11,13H,4,9H2,1-3H3/b22-13-. The fourth-order valence-corrected chi connectivity index (χ4v) is 2.27. The minimum Gasteiger partial charge on any atom is -0.366 e. The highest BCUT2D eigenvalue weighted by Gasteiger charge is 2.10. The van der Waals surface area contributed by atoms with Gasteiger partial charge in [-0.1, -0.05) is 18.2 Å². The molecule has 0 saturated heterocycles. The van der Waals surface area contributed by atoms with Crippen LogP contribution in [0.15, 0.2) is 41.4 Å². The molecule has 4 heteroatoms. The molecule has 0 amide bonds. The number of nitriles is 1. The first-order chi connectivity index (χ1) is 11.0. The summed E-state index contributed by atoms with van der Waals surface area (Å²) in [6, 6.07) is 12.5. The van der Waals surface area contributed by atoms with Crippen molar-refractivity contribution in [3.05, 3.63) is 64.5 Å². The zero-order chi connectivity index (χ0) is 16.8. The van der Waals surface area contributed by atoms with Crippen LogP contribution < -0.4 is 0 Å². The van der Waals surface area contributed by atoms with Gasteiger partial charge in [-0.3, -0.25) is 0 Å². The van der Waals surface area contributed by atoms with Crippen molar-refractivity contribution < 1.29 is 4.39 Å². The number of nitrogens with zero attached hydrogens (tertiary/aromatic N) is 3. The first-order valence-electron chi connectivity index (χ1n) is 7.56. The van der Waals surface area contributed by atoms with E-state index >= 15 is 0 Å². The first-order valence-corrected chi connectivity index (χ1v) is 7.56. The van der Waals surface area contributed by atoms with E-state index in [1.54, 1.807) is 12.4 Å². The van der Waals surface area contributed by atoms with Crippen molar-refractivity contribution in [3.63, 3.8) is 0 Å². The van der Waals surface area contributed by atoms with Gasteiger partial charge in [0.2, 0.25) is 0 Å². The monoisotopic (exact) mass is 309 g/mol. The molecule has 0 bridgehead atoms. The lowest BCUT2D eigenvalue weighted by Gasteiger charge is -2.12. The fraction of sp³-hybridized carbons (Fsp3) is 0.263. The van der Waals surface area contributed by atoms with Gasteiger partial charge < -0.3 is 4.90 Å². The topological polar surface area (TPSA) is 39.4 Å². The third-order valence-corrected chi connectivity index (χ3v) is 3.86. The minimum absolute atomic E-state index is 0.314. The lowest BCUT2D eigenvalue weighted by Crippen LogP contribution is -2.14. The molecule has 0 unspecified atom stereocenters. The van der Waals surface area contributed by atoms with Gasteiger partial charge >= 0.3 is 0 Å². The van der Waals surface area contributed by atoms with Crippen LogP contribution in [0.5, 0.6) is 0 Å². The molecule has 0 aromatic heterocycles. The van der Waals surface area contributed by atoms with Crippen LogP contribution in [0.2, 0.25) is 0 Å². The van der Waals surface area contributed by atoms with E-state index in [-0.39, 0.29) is 5.82 Å². The number of hydrogen-bond acceptors (Lipinski definition) is 2. The summed E-state index contributed by atoms with van der Waals surface area (Å²) in [6.07, 6.45) is 2.22. The van der Waals surface area contributed by atoms with E-state index < -0.39 is 0 Å². The fourth-order valence-electron chi connectivity index (χ4n) is 2.27. The Labute approximate surface area is 136 Å². The third kappa shape index (κ3) is 4.17. The second-order valence-corrected chi connectivity index (χ2v) is 5.47. The molecule has 23 heavy (non-hydrogen) atoms. The molecule has 2 aromatic carbocycles. The minimum atomic E-state index is -0.314. The lowest BCUT2D eigenvalue weighted by atomic mass is 9.96. The van der Waals surface area contributed by atoms with Crippen LogP contribution in [-0.2, 0) is 6.42 Å². The Kier molecular flexibility index (Phi) is 5.48. The van der Waals surface area contributed by atoms with Gasteiger partial charge in [-0.05, 0) is 55.2 Å². The van der Waals surface area contributed by atoms with Crippen molar-refractivity contribution in [2.24, 2.45) is 4.99 Å². The molecule has 0 N–H and O–H groups in total. The Morgan fingerprint density at radius 3 is 2.70 bits per heavy atom. The van der Waals surface area contributed by atoms with Gasteiger partial charge in [-0.15, -0.1) is 0 Å². The zero-order valence-electron chi connectivity index (χ0n) is 13.7. The van der Waals surface area contributed by atoms with Gasteiger partial charge in [-0.25, -0.2) is 9.38 Å². The van der Waals surface area contributed by atoms with Gasteiger partial charge in [0, 0.05) is 13.6 Å². The highest BCUT2D eigenvalue weighted by molar-refractivity contribution is 5.64. The summed E-state index contributed by atoms with van der Waals surface area (Å²) in [7, 11) is 1.92. The molecule has 0 heterocycles. The Hall–Kier alpha value is -2.67. The molecule has 0 spiro atoms. The lowest BCUT2D eigenvalue weighted by molar-refractivity contribution is 0.552. The van der Waals surface area contributed by atoms with Crippen molar-refractivity contribution in [1.29, 1.82) is 5.26 Å². The molecule has 0 fully saturated rings. The summed E-state index contributed by atoms with van der Waals surface area (Å²) >= 11 is 0. The van der Waals surface area contributed by atoms with Crippen LogP contribution in [0.4, 0.5) is 10.1 Å². The quantitative estimate of drug-likeness (QED) is 0.613. The van der Waals surface area contributed by atoms with Crippen LogP contribution in [0.25, 0.3) is 0 Å². The van der Waals surface area contributed by atoms with Crippen molar-refractivity contribution in [2.45, 2.75) is 20.3 Å². The van der Waals surface area contributed by atoms with Crippen molar-refractivity contribution in [3.8, 4) is 6.07 Å². The predicted molar refractivity (Wildman–Crippen MR) is 91.6 cm³/mol. The largest absolute Gasteiger partial charge is 0.366 e. The normalized spacial score (nSPS) is 10.7. The first kappa shape index (κ1) is 16.7. The second-order valence-electron chi connectivity index (χ2n) is 5.47.